The molecule has 9 heteroatoms. The van der Waals surface area contributed by atoms with E-state index in [0.717, 1.165) is 10.8 Å². The normalized spacial score (nSPS) is 11.5. The minimum atomic E-state index is -3.68. The van der Waals surface area contributed by atoms with Gasteiger partial charge >= 0.3 is 5.97 Å². The second-order valence-corrected chi connectivity index (χ2v) is 8.90. The highest BCUT2D eigenvalue weighted by Crippen LogP contribution is 2.25. The first-order valence-electron chi connectivity index (χ1n) is 10.0. The number of amides is 1. The summed E-state index contributed by atoms with van der Waals surface area (Å²) in [6, 6.07) is 16.0. The van der Waals surface area contributed by atoms with Gasteiger partial charge in [-0.15, -0.1) is 0 Å². The first kappa shape index (κ1) is 23.2. The summed E-state index contributed by atoms with van der Waals surface area (Å²) >= 11 is 0. The van der Waals surface area contributed by atoms with E-state index in [0.29, 0.717) is 13.1 Å². The maximum absolute atomic E-state index is 12.6. The molecule has 0 saturated carbocycles. The molecule has 0 aliphatic rings. The molecule has 0 fully saturated rings. The molecule has 3 aromatic rings. The number of esters is 1. The number of hydrogen-bond donors (Lipinski definition) is 2. The first-order valence-corrected chi connectivity index (χ1v) is 11.5. The number of nitrogens with one attached hydrogen (secondary N) is 1. The monoisotopic (exact) mass is 456 g/mol. The summed E-state index contributed by atoms with van der Waals surface area (Å²) in [4.78, 5) is 24.6. The highest BCUT2D eigenvalue weighted by Gasteiger charge is 2.22. The number of carbonyl (C=O) groups is 2. The summed E-state index contributed by atoms with van der Waals surface area (Å²) in [6.07, 6.45) is 0. The van der Waals surface area contributed by atoms with E-state index >= 15 is 0 Å². The predicted octanol–water partition coefficient (Wildman–Crippen LogP) is 3.37. The van der Waals surface area contributed by atoms with Crippen LogP contribution in [-0.4, -0.2) is 49.4 Å². The molecule has 0 aliphatic heterocycles. The fourth-order valence-electron chi connectivity index (χ4n) is 3.24. The third-order valence-corrected chi connectivity index (χ3v) is 6.93. The van der Waals surface area contributed by atoms with E-state index in [9.17, 15) is 23.1 Å². The molecule has 3 rings (SSSR count). The quantitative estimate of drug-likeness (QED) is 0.503. The average molecular weight is 457 g/mol. The third kappa shape index (κ3) is 5.06. The van der Waals surface area contributed by atoms with Crippen molar-refractivity contribution in [2.45, 2.75) is 18.7 Å². The van der Waals surface area contributed by atoms with Gasteiger partial charge in [0.05, 0.1) is 4.90 Å². The number of phenolic OH excluding ortho intramolecular Hbond substituents is 1. The Balaban J connectivity index is 1.67. The van der Waals surface area contributed by atoms with Crippen molar-refractivity contribution in [3.05, 3.63) is 66.2 Å². The summed E-state index contributed by atoms with van der Waals surface area (Å²) in [5, 5.41) is 14.1. The van der Waals surface area contributed by atoms with Crippen LogP contribution in [0.5, 0.6) is 5.75 Å². The van der Waals surface area contributed by atoms with Crippen LogP contribution in [0.1, 0.15) is 24.2 Å². The van der Waals surface area contributed by atoms with Crippen LogP contribution in [0, 0.1) is 0 Å². The minimum absolute atomic E-state index is 0.0520. The van der Waals surface area contributed by atoms with Crippen LogP contribution in [0.4, 0.5) is 5.69 Å². The molecular weight excluding hydrogens is 432 g/mol. The zero-order chi connectivity index (χ0) is 23.3. The molecule has 2 N–H and O–H groups in total. The highest BCUT2D eigenvalue weighted by atomic mass is 32.2. The lowest BCUT2D eigenvalue weighted by atomic mass is 10.1. The smallest absolute Gasteiger partial charge is 0.342 e. The molecule has 0 aromatic heterocycles. The van der Waals surface area contributed by atoms with Crippen molar-refractivity contribution in [1.29, 1.82) is 0 Å². The summed E-state index contributed by atoms with van der Waals surface area (Å²) < 4.78 is 31.6. The Morgan fingerprint density at radius 1 is 0.969 bits per heavy atom. The zero-order valence-electron chi connectivity index (χ0n) is 17.7. The van der Waals surface area contributed by atoms with Gasteiger partial charge in [-0.1, -0.05) is 44.2 Å². The molecule has 168 valence electrons. The fraction of sp³-hybridized carbons (Fsp3) is 0.217. The predicted molar refractivity (Wildman–Crippen MR) is 121 cm³/mol. The molecule has 0 saturated heterocycles. The molecule has 0 unspecified atom stereocenters. The molecule has 32 heavy (non-hydrogen) atoms. The van der Waals surface area contributed by atoms with Gasteiger partial charge in [0.15, 0.2) is 6.61 Å². The second-order valence-electron chi connectivity index (χ2n) is 6.96. The van der Waals surface area contributed by atoms with Gasteiger partial charge in [0.25, 0.3) is 5.91 Å². The number of hydrogen-bond acceptors (Lipinski definition) is 6. The van der Waals surface area contributed by atoms with Gasteiger partial charge in [-0.25, -0.2) is 13.2 Å². The lowest BCUT2D eigenvalue weighted by Gasteiger charge is -2.18. The van der Waals surface area contributed by atoms with Crippen molar-refractivity contribution in [2.24, 2.45) is 0 Å². The number of ether oxygens (including phenoxy) is 1. The van der Waals surface area contributed by atoms with Crippen LogP contribution in [0.2, 0.25) is 0 Å². The van der Waals surface area contributed by atoms with Gasteiger partial charge in [0.1, 0.15) is 11.3 Å². The van der Waals surface area contributed by atoms with Crippen LogP contribution < -0.4 is 5.32 Å². The second kappa shape index (κ2) is 9.80. The molecule has 0 heterocycles. The molecule has 3 aromatic carbocycles. The number of aromatic hydroxyl groups is 1. The zero-order valence-corrected chi connectivity index (χ0v) is 18.6. The van der Waals surface area contributed by atoms with E-state index in [1.165, 1.54) is 40.7 Å². The molecule has 0 atom stereocenters. The highest BCUT2D eigenvalue weighted by molar-refractivity contribution is 7.89. The summed E-state index contributed by atoms with van der Waals surface area (Å²) in [5.41, 5.74) is 0.205. The number of carbonyl (C=O) groups excluding carboxylic acids is 2. The summed E-state index contributed by atoms with van der Waals surface area (Å²) in [6.45, 7) is 3.54. The van der Waals surface area contributed by atoms with Gasteiger partial charge in [0.2, 0.25) is 10.0 Å². The van der Waals surface area contributed by atoms with Crippen molar-refractivity contribution >= 4 is 38.4 Å². The van der Waals surface area contributed by atoms with E-state index in [-0.39, 0.29) is 21.9 Å². The van der Waals surface area contributed by atoms with E-state index in [1.54, 1.807) is 32.0 Å². The Hall–Kier alpha value is -3.43. The van der Waals surface area contributed by atoms with Crippen molar-refractivity contribution in [1.82, 2.24) is 4.31 Å². The Bertz CT molecular complexity index is 1250. The Labute approximate surface area is 186 Å². The fourth-order valence-corrected chi connectivity index (χ4v) is 4.75. The first-order chi connectivity index (χ1) is 15.3. The average Bonchev–Trinajstić information content (AvgIpc) is 2.78. The Kier molecular flexibility index (Phi) is 7.12. The largest absolute Gasteiger partial charge is 0.507 e. The standard InChI is InChI=1S/C23H24N2O6S/c1-3-25(4-2)32(29,30)19-11-7-10-18(14-19)24-22(27)15-31-23(28)20-12-16-8-5-6-9-17(16)13-21(20)26/h5-14,26H,3-4,15H2,1-2H3,(H,24,27). The molecule has 0 aliphatic carbocycles. The maximum Gasteiger partial charge on any atom is 0.342 e. The molecular formula is C23H24N2O6S. The van der Waals surface area contributed by atoms with Crippen LogP contribution in [0.25, 0.3) is 10.8 Å². The van der Waals surface area contributed by atoms with Crippen molar-refractivity contribution < 1.29 is 27.9 Å². The van der Waals surface area contributed by atoms with E-state index < -0.39 is 28.5 Å². The summed E-state index contributed by atoms with van der Waals surface area (Å²) in [7, 11) is -3.68. The Morgan fingerprint density at radius 2 is 1.62 bits per heavy atom. The lowest BCUT2D eigenvalue weighted by Crippen LogP contribution is -2.30. The third-order valence-electron chi connectivity index (χ3n) is 4.88. The SMILES string of the molecule is CCN(CC)S(=O)(=O)c1cccc(NC(=O)COC(=O)c2cc3ccccc3cc2O)c1. The van der Waals surface area contributed by atoms with E-state index in [2.05, 4.69) is 5.32 Å². The van der Waals surface area contributed by atoms with Gasteiger partial charge in [-0.2, -0.15) is 4.31 Å². The number of nitrogens with zero attached hydrogens (tertiary/aromatic N) is 1. The van der Waals surface area contributed by atoms with E-state index in [1.807, 2.05) is 6.07 Å². The number of phenols is 1. The molecule has 0 radical (unpaired) electrons. The Morgan fingerprint density at radius 3 is 2.28 bits per heavy atom. The number of benzene rings is 3. The molecule has 1 amide bonds. The number of fused-ring (bicyclic) bond motifs is 1. The van der Waals surface area contributed by atoms with E-state index in [4.69, 9.17) is 4.74 Å². The molecule has 0 bridgehead atoms. The number of rotatable bonds is 8. The molecule has 8 nitrogen and oxygen atoms in total. The van der Waals surface area contributed by atoms with Crippen molar-refractivity contribution in [3.8, 4) is 5.75 Å². The van der Waals surface area contributed by atoms with Crippen LogP contribution >= 0.6 is 0 Å². The molecule has 0 spiro atoms. The lowest BCUT2D eigenvalue weighted by molar-refractivity contribution is -0.119. The van der Waals surface area contributed by atoms with Gasteiger partial charge in [-0.05, 0) is 41.1 Å². The van der Waals surface area contributed by atoms with Crippen LogP contribution in [0.15, 0.2) is 65.6 Å². The van der Waals surface area contributed by atoms with Crippen LogP contribution in [0.3, 0.4) is 0 Å². The number of anilines is 1. The van der Waals surface area contributed by atoms with Crippen molar-refractivity contribution in [3.63, 3.8) is 0 Å². The van der Waals surface area contributed by atoms with Gasteiger partial charge < -0.3 is 15.2 Å². The van der Waals surface area contributed by atoms with Gasteiger partial charge in [0, 0.05) is 18.8 Å². The topological polar surface area (TPSA) is 113 Å². The van der Waals surface area contributed by atoms with Crippen molar-refractivity contribution in [2.75, 3.05) is 25.0 Å². The number of sulfonamides is 1. The van der Waals surface area contributed by atoms with Gasteiger partial charge in [-0.3, -0.25) is 4.79 Å². The summed E-state index contributed by atoms with van der Waals surface area (Å²) in [5.74, 6) is -1.74. The van der Waals surface area contributed by atoms with Crippen LogP contribution in [-0.2, 0) is 19.6 Å². The maximum atomic E-state index is 12.6. The minimum Gasteiger partial charge on any atom is -0.507 e.